The molecule has 5 nitrogen and oxygen atoms in total. The average Bonchev–Trinajstić information content (AvgIpc) is 2.36. The second-order valence-corrected chi connectivity index (χ2v) is 5.86. The summed E-state index contributed by atoms with van der Waals surface area (Å²) in [7, 11) is 1.05. The monoisotopic (exact) mass is 287 g/mol. The molecule has 0 heterocycles. The summed E-state index contributed by atoms with van der Waals surface area (Å²) in [6.07, 6.45) is 0. The van der Waals surface area contributed by atoms with E-state index in [9.17, 15) is 18.2 Å². The second kappa shape index (κ2) is 5.92. The van der Waals surface area contributed by atoms with E-state index in [-0.39, 0.29) is 10.5 Å². The highest BCUT2D eigenvalue weighted by Crippen LogP contribution is 2.18. The van der Waals surface area contributed by atoms with Gasteiger partial charge in [0, 0.05) is 14.1 Å². The molecule has 0 aliphatic rings. The third-order valence-corrected chi connectivity index (χ3v) is 4.09. The number of halogens is 1. The molecule has 1 rings (SSSR count). The van der Waals surface area contributed by atoms with Gasteiger partial charge in [0.15, 0.2) is 0 Å². The number of hydrogen-bond donors (Lipinski definition) is 1. The maximum Gasteiger partial charge on any atom is 0.335 e. The van der Waals surface area contributed by atoms with Crippen molar-refractivity contribution in [1.82, 2.24) is 4.90 Å². The third-order valence-electron chi connectivity index (χ3n) is 2.50. The Labute approximate surface area is 112 Å². The Morgan fingerprint density at radius 2 is 1.95 bits per heavy atom. The number of carboxylic acids is 1. The van der Waals surface area contributed by atoms with Crippen molar-refractivity contribution in [3.63, 3.8) is 0 Å². The zero-order chi connectivity index (χ0) is 14.7. The maximum absolute atomic E-state index is 13.6. The third kappa shape index (κ3) is 3.37. The Kier molecular flexibility index (Phi) is 4.77. The van der Waals surface area contributed by atoms with Crippen LogP contribution in [-0.2, 0) is 15.6 Å². The summed E-state index contributed by atoms with van der Waals surface area (Å²) in [6, 6.07) is 3.01. The number of amides is 1. The Morgan fingerprint density at radius 3 is 2.42 bits per heavy atom. The van der Waals surface area contributed by atoms with Crippen molar-refractivity contribution in [2.45, 2.75) is 17.1 Å². The molecule has 0 bridgehead atoms. The average molecular weight is 287 g/mol. The van der Waals surface area contributed by atoms with E-state index in [4.69, 9.17) is 5.11 Å². The molecule has 19 heavy (non-hydrogen) atoms. The Bertz CT molecular complexity index is 545. The molecule has 7 heteroatoms. The highest BCUT2D eigenvalue weighted by molar-refractivity contribution is 7.86. The normalized spacial score (nSPS) is 13.7. The van der Waals surface area contributed by atoms with Crippen molar-refractivity contribution in [1.29, 1.82) is 0 Å². The van der Waals surface area contributed by atoms with Gasteiger partial charge in [-0.15, -0.1) is 0 Å². The summed E-state index contributed by atoms with van der Waals surface area (Å²) in [6.45, 7) is 1.41. The number of rotatable bonds is 4. The molecule has 0 radical (unpaired) electrons. The smallest absolute Gasteiger partial charge is 0.335 e. The van der Waals surface area contributed by atoms with E-state index in [0.717, 1.165) is 18.2 Å². The molecule has 1 amide bonds. The molecule has 1 aromatic carbocycles. The van der Waals surface area contributed by atoms with Gasteiger partial charge in [-0.25, -0.2) is 9.18 Å². The van der Waals surface area contributed by atoms with E-state index in [1.807, 2.05) is 0 Å². The van der Waals surface area contributed by atoms with Gasteiger partial charge in [0.05, 0.1) is 21.3 Å². The van der Waals surface area contributed by atoms with Crippen molar-refractivity contribution in [2.75, 3.05) is 14.1 Å². The zero-order valence-corrected chi connectivity index (χ0v) is 11.5. The van der Waals surface area contributed by atoms with Crippen LogP contribution in [0.5, 0.6) is 0 Å². The molecule has 0 aliphatic carbocycles. The quantitative estimate of drug-likeness (QED) is 0.900. The van der Waals surface area contributed by atoms with Crippen LogP contribution in [0.15, 0.2) is 23.1 Å². The molecular formula is C12H14FNO4S. The van der Waals surface area contributed by atoms with Crippen molar-refractivity contribution in [3.8, 4) is 0 Å². The number of carboxylic acid groups (broad SMARTS) is 1. The SMILES string of the molecule is CC(C(=O)N(C)C)S(=O)c1cc(C(=O)O)ccc1F. The highest BCUT2D eigenvalue weighted by Gasteiger charge is 2.25. The van der Waals surface area contributed by atoms with Gasteiger partial charge in [-0.3, -0.25) is 9.00 Å². The Hall–Kier alpha value is -1.76. The van der Waals surface area contributed by atoms with E-state index >= 15 is 0 Å². The summed E-state index contributed by atoms with van der Waals surface area (Å²) in [5, 5.41) is 7.87. The minimum absolute atomic E-state index is 0.172. The lowest BCUT2D eigenvalue weighted by molar-refractivity contribution is -0.127. The van der Waals surface area contributed by atoms with E-state index in [0.29, 0.717) is 0 Å². The van der Waals surface area contributed by atoms with Crippen LogP contribution in [0.2, 0.25) is 0 Å². The van der Waals surface area contributed by atoms with E-state index in [2.05, 4.69) is 0 Å². The Balaban J connectivity index is 3.15. The fourth-order valence-electron chi connectivity index (χ4n) is 1.44. The van der Waals surface area contributed by atoms with Crippen LogP contribution in [0.25, 0.3) is 0 Å². The van der Waals surface area contributed by atoms with Crippen LogP contribution in [0, 0.1) is 5.82 Å². The lowest BCUT2D eigenvalue weighted by Gasteiger charge is -2.16. The first-order valence-corrected chi connectivity index (χ1v) is 6.61. The van der Waals surface area contributed by atoms with Gasteiger partial charge in [0.25, 0.3) is 0 Å². The zero-order valence-electron chi connectivity index (χ0n) is 10.7. The molecule has 0 aliphatic heterocycles. The van der Waals surface area contributed by atoms with Crippen LogP contribution in [-0.4, -0.2) is 45.4 Å². The van der Waals surface area contributed by atoms with Crippen LogP contribution >= 0.6 is 0 Å². The number of nitrogens with zero attached hydrogens (tertiary/aromatic N) is 1. The molecule has 2 unspecified atom stereocenters. The molecule has 0 saturated carbocycles. The predicted octanol–water partition coefficient (Wildman–Crippen LogP) is 1.11. The molecule has 0 spiro atoms. The lowest BCUT2D eigenvalue weighted by atomic mass is 10.2. The summed E-state index contributed by atoms with van der Waals surface area (Å²) >= 11 is 0. The minimum atomic E-state index is -1.95. The van der Waals surface area contributed by atoms with Gasteiger partial charge in [-0.05, 0) is 25.1 Å². The van der Waals surface area contributed by atoms with Crippen LogP contribution in [0.3, 0.4) is 0 Å². The topological polar surface area (TPSA) is 74.7 Å². The molecule has 1 aromatic rings. The molecule has 0 saturated heterocycles. The second-order valence-electron chi connectivity index (χ2n) is 4.12. The first-order valence-electron chi connectivity index (χ1n) is 5.40. The van der Waals surface area contributed by atoms with E-state index in [1.54, 1.807) is 0 Å². The van der Waals surface area contributed by atoms with Gasteiger partial charge < -0.3 is 10.0 Å². The largest absolute Gasteiger partial charge is 0.478 e. The number of carbonyl (C=O) groups excluding carboxylic acids is 1. The van der Waals surface area contributed by atoms with E-state index < -0.39 is 33.7 Å². The van der Waals surface area contributed by atoms with Gasteiger partial charge in [-0.1, -0.05) is 0 Å². The molecule has 104 valence electrons. The van der Waals surface area contributed by atoms with Gasteiger partial charge in [0.2, 0.25) is 5.91 Å². The molecule has 2 atom stereocenters. The summed E-state index contributed by atoms with van der Waals surface area (Å²) < 4.78 is 25.7. The van der Waals surface area contributed by atoms with Crippen molar-refractivity contribution in [3.05, 3.63) is 29.6 Å². The lowest BCUT2D eigenvalue weighted by Crippen LogP contribution is -2.34. The summed E-state index contributed by atoms with van der Waals surface area (Å²) in [5.74, 6) is -2.45. The Morgan fingerprint density at radius 1 is 1.37 bits per heavy atom. The molecular weight excluding hydrogens is 273 g/mol. The molecule has 0 fully saturated rings. The standard InChI is InChI=1S/C12H14FNO4S/c1-7(11(15)14(2)3)19(18)10-6-8(12(16)17)4-5-9(10)13/h4-7H,1-3H3,(H,16,17). The summed E-state index contributed by atoms with van der Waals surface area (Å²) in [5.41, 5.74) is -0.172. The first kappa shape index (κ1) is 15.3. The fourth-order valence-corrected chi connectivity index (χ4v) is 2.71. The van der Waals surface area contributed by atoms with Crippen LogP contribution in [0.4, 0.5) is 4.39 Å². The van der Waals surface area contributed by atoms with Gasteiger partial charge in [-0.2, -0.15) is 0 Å². The van der Waals surface area contributed by atoms with E-state index in [1.165, 1.54) is 25.9 Å². The van der Waals surface area contributed by atoms with Crippen molar-refractivity contribution < 1.29 is 23.3 Å². The molecule has 1 N–H and O–H groups in total. The first-order chi connectivity index (χ1) is 8.75. The summed E-state index contributed by atoms with van der Waals surface area (Å²) in [4.78, 5) is 23.5. The highest BCUT2D eigenvalue weighted by atomic mass is 32.2. The number of benzene rings is 1. The predicted molar refractivity (Wildman–Crippen MR) is 67.9 cm³/mol. The van der Waals surface area contributed by atoms with Crippen molar-refractivity contribution >= 4 is 22.7 Å². The maximum atomic E-state index is 13.6. The van der Waals surface area contributed by atoms with Gasteiger partial charge >= 0.3 is 5.97 Å². The minimum Gasteiger partial charge on any atom is -0.478 e. The van der Waals surface area contributed by atoms with Crippen LogP contribution < -0.4 is 0 Å². The number of carbonyl (C=O) groups is 2. The molecule has 0 aromatic heterocycles. The van der Waals surface area contributed by atoms with Crippen LogP contribution in [0.1, 0.15) is 17.3 Å². The number of hydrogen-bond acceptors (Lipinski definition) is 3. The van der Waals surface area contributed by atoms with Gasteiger partial charge in [0.1, 0.15) is 11.1 Å². The fraction of sp³-hybridized carbons (Fsp3) is 0.333. The van der Waals surface area contributed by atoms with Crippen molar-refractivity contribution in [2.24, 2.45) is 0 Å². The number of aromatic carboxylic acids is 1.